The van der Waals surface area contributed by atoms with Crippen LogP contribution in [0.2, 0.25) is 0 Å². The maximum Gasteiger partial charge on any atom is 0.257 e. The van der Waals surface area contributed by atoms with Crippen molar-refractivity contribution in [3.05, 3.63) is 65.1 Å². The van der Waals surface area contributed by atoms with Crippen LogP contribution in [0.1, 0.15) is 0 Å². The first-order chi connectivity index (χ1) is 11.3. The zero-order valence-electron chi connectivity index (χ0n) is 12.4. The number of rotatable bonds is 2. The van der Waals surface area contributed by atoms with Crippen LogP contribution in [0.4, 0.5) is 0 Å². The van der Waals surface area contributed by atoms with E-state index in [2.05, 4.69) is 15.0 Å². The Bertz CT molecular complexity index is 1080. The van der Waals surface area contributed by atoms with E-state index in [9.17, 15) is 4.79 Å². The molecule has 0 fully saturated rings. The van der Waals surface area contributed by atoms with Crippen LogP contribution in [0.5, 0.6) is 0 Å². The van der Waals surface area contributed by atoms with Gasteiger partial charge < -0.3 is 4.98 Å². The number of aromatic nitrogens is 3. The molecule has 0 bridgehead atoms. The lowest BCUT2D eigenvalue weighted by Gasteiger charge is -2.07. The summed E-state index contributed by atoms with van der Waals surface area (Å²) in [4.78, 5) is 24.1. The Morgan fingerprint density at radius 1 is 1.00 bits per heavy atom. The van der Waals surface area contributed by atoms with E-state index in [1.807, 2.05) is 54.8 Å². The first-order valence-corrected chi connectivity index (χ1v) is 8.41. The smallest absolute Gasteiger partial charge is 0.257 e. The van der Waals surface area contributed by atoms with Crippen LogP contribution >= 0.6 is 11.8 Å². The van der Waals surface area contributed by atoms with Crippen LogP contribution < -0.4 is 5.56 Å². The van der Waals surface area contributed by atoms with Crippen molar-refractivity contribution in [2.45, 2.75) is 5.16 Å². The molecular weight excluding hydrogens is 306 g/mol. The van der Waals surface area contributed by atoms with Crippen LogP contribution in [0.25, 0.3) is 32.9 Å². The largest absolute Gasteiger partial charge is 0.306 e. The van der Waals surface area contributed by atoms with Crippen LogP contribution in [0.15, 0.2) is 64.7 Å². The first kappa shape index (κ1) is 14.0. The van der Waals surface area contributed by atoms with Crippen LogP contribution in [0, 0.1) is 0 Å². The fourth-order valence-corrected chi connectivity index (χ4v) is 3.08. The van der Waals surface area contributed by atoms with Crippen molar-refractivity contribution in [3.63, 3.8) is 0 Å². The lowest BCUT2D eigenvalue weighted by atomic mass is 9.99. The molecule has 1 N–H and O–H groups in total. The van der Waals surface area contributed by atoms with Crippen molar-refractivity contribution >= 4 is 33.6 Å². The Morgan fingerprint density at radius 2 is 1.83 bits per heavy atom. The molecule has 0 unspecified atom stereocenters. The van der Waals surface area contributed by atoms with Gasteiger partial charge in [-0.3, -0.25) is 4.79 Å². The fraction of sp³-hybridized carbons (Fsp3) is 0.0556. The third-order valence-corrected chi connectivity index (χ3v) is 4.40. The topological polar surface area (TPSA) is 58.6 Å². The maximum atomic E-state index is 12.6. The molecule has 2 heterocycles. The van der Waals surface area contributed by atoms with E-state index < -0.39 is 0 Å². The van der Waals surface area contributed by atoms with Gasteiger partial charge >= 0.3 is 0 Å². The second-order valence-corrected chi connectivity index (χ2v) is 5.97. The Balaban J connectivity index is 2.01. The molecule has 4 aromatic rings. The number of hydrogen-bond donors (Lipinski definition) is 1. The summed E-state index contributed by atoms with van der Waals surface area (Å²) in [6.07, 6.45) is 3.66. The molecule has 0 atom stereocenters. The summed E-state index contributed by atoms with van der Waals surface area (Å²) in [6.45, 7) is 0. The van der Waals surface area contributed by atoms with Gasteiger partial charge in [-0.15, -0.1) is 0 Å². The molecule has 0 saturated carbocycles. The van der Waals surface area contributed by atoms with Crippen LogP contribution in [0.3, 0.4) is 0 Å². The number of H-pyrrole nitrogens is 1. The van der Waals surface area contributed by atoms with Gasteiger partial charge in [0, 0.05) is 17.1 Å². The highest BCUT2D eigenvalue weighted by Gasteiger charge is 2.10. The van der Waals surface area contributed by atoms with E-state index in [4.69, 9.17) is 0 Å². The summed E-state index contributed by atoms with van der Waals surface area (Å²) in [6, 6.07) is 15.9. The van der Waals surface area contributed by atoms with Crippen molar-refractivity contribution in [1.29, 1.82) is 0 Å². The highest BCUT2D eigenvalue weighted by molar-refractivity contribution is 7.98. The predicted octanol–water partition coefficient (Wildman–Crippen LogP) is 3.86. The number of nitrogens with zero attached hydrogens (tertiary/aromatic N) is 2. The lowest BCUT2D eigenvalue weighted by Crippen LogP contribution is -2.10. The molecule has 0 radical (unpaired) electrons. The molecule has 0 aliphatic heterocycles. The summed E-state index contributed by atoms with van der Waals surface area (Å²) in [5, 5.41) is 3.64. The van der Waals surface area contributed by atoms with E-state index in [1.165, 1.54) is 11.8 Å². The summed E-state index contributed by atoms with van der Waals surface area (Å²) in [5.74, 6) is 0. The number of nitrogens with one attached hydrogen (secondary N) is 1. The highest BCUT2D eigenvalue weighted by atomic mass is 32.2. The van der Waals surface area contributed by atoms with Gasteiger partial charge in [0.1, 0.15) is 5.65 Å². The van der Waals surface area contributed by atoms with E-state index in [-0.39, 0.29) is 5.56 Å². The minimum absolute atomic E-state index is 0.139. The minimum Gasteiger partial charge on any atom is -0.306 e. The molecule has 5 heteroatoms. The van der Waals surface area contributed by atoms with Crippen LogP contribution in [-0.4, -0.2) is 21.2 Å². The summed E-state index contributed by atoms with van der Waals surface area (Å²) in [7, 11) is 0. The monoisotopic (exact) mass is 319 g/mol. The number of pyridine rings is 1. The SMILES string of the molecule is CSc1ncc2cc(-c3cccc4ccccc34)c(=O)[nH]c2n1. The molecule has 2 aromatic heterocycles. The zero-order valence-corrected chi connectivity index (χ0v) is 13.2. The predicted molar refractivity (Wildman–Crippen MR) is 94.9 cm³/mol. The number of benzene rings is 2. The lowest BCUT2D eigenvalue weighted by molar-refractivity contribution is 0.988. The molecule has 0 aliphatic rings. The third-order valence-electron chi connectivity index (χ3n) is 3.83. The van der Waals surface area contributed by atoms with Gasteiger partial charge in [0.15, 0.2) is 5.16 Å². The molecule has 112 valence electrons. The second-order valence-electron chi connectivity index (χ2n) is 5.20. The highest BCUT2D eigenvalue weighted by Crippen LogP contribution is 2.27. The number of aromatic amines is 1. The van der Waals surface area contributed by atoms with Gasteiger partial charge in [-0.1, -0.05) is 54.2 Å². The average Bonchev–Trinajstić information content (AvgIpc) is 2.60. The minimum atomic E-state index is -0.139. The normalized spacial score (nSPS) is 11.2. The Morgan fingerprint density at radius 3 is 2.70 bits per heavy atom. The molecular formula is C18H13N3OS. The molecule has 4 rings (SSSR count). The standard InChI is InChI=1S/C18H13N3OS/c1-23-18-19-10-12-9-15(17(22)20-16(12)21-18)14-8-4-6-11-5-2-3-7-13(11)14/h2-10H,1H3,(H,19,20,21,22). The molecule has 23 heavy (non-hydrogen) atoms. The Kier molecular flexibility index (Phi) is 3.35. The number of thioether (sulfide) groups is 1. The Hall–Kier alpha value is -2.66. The molecule has 0 spiro atoms. The van der Waals surface area contributed by atoms with Gasteiger partial charge in [-0.25, -0.2) is 9.97 Å². The number of hydrogen-bond acceptors (Lipinski definition) is 4. The van der Waals surface area contributed by atoms with Crippen molar-refractivity contribution < 1.29 is 0 Å². The van der Waals surface area contributed by atoms with Gasteiger partial charge in [-0.05, 0) is 28.7 Å². The maximum absolute atomic E-state index is 12.6. The molecule has 2 aromatic carbocycles. The van der Waals surface area contributed by atoms with Crippen molar-refractivity contribution in [3.8, 4) is 11.1 Å². The summed E-state index contributed by atoms with van der Waals surface area (Å²) >= 11 is 1.45. The third kappa shape index (κ3) is 2.39. The van der Waals surface area contributed by atoms with Crippen molar-refractivity contribution in [2.75, 3.05) is 6.26 Å². The van der Waals surface area contributed by atoms with Gasteiger partial charge in [0.2, 0.25) is 0 Å². The van der Waals surface area contributed by atoms with E-state index in [0.717, 1.165) is 21.7 Å². The molecule has 0 amide bonds. The van der Waals surface area contributed by atoms with E-state index >= 15 is 0 Å². The molecule has 0 aliphatic carbocycles. The fourth-order valence-electron chi connectivity index (χ4n) is 2.74. The molecule has 0 saturated heterocycles. The average molecular weight is 319 g/mol. The summed E-state index contributed by atoms with van der Waals surface area (Å²) in [5.41, 5.74) is 1.98. The summed E-state index contributed by atoms with van der Waals surface area (Å²) < 4.78 is 0. The zero-order chi connectivity index (χ0) is 15.8. The first-order valence-electron chi connectivity index (χ1n) is 7.18. The molecule has 4 nitrogen and oxygen atoms in total. The van der Waals surface area contributed by atoms with Gasteiger partial charge in [0.05, 0.1) is 0 Å². The van der Waals surface area contributed by atoms with Crippen molar-refractivity contribution in [1.82, 2.24) is 15.0 Å². The quantitative estimate of drug-likeness (QED) is 0.450. The van der Waals surface area contributed by atoms with Gasteiger partial charge in [0.25, 0.3) is 5.56 Å². The van der Waals surface area contributed by atoms with Crippen molar-refractivity contribution in [2.24, 2.45) is 0 Å². The van der Waals surface area contributed by atoms with E-state index in [0.29, 0.717) is 16.4 Å². The second kappa shape index (κ2) is 5.52. The van der Waals surface area contributed by atoms with Crippen LogP contribution in [-0.2, 0) is 0 Å². The van der Waals surface area contributed by atoms with E-state index in [1.54, 1.807) is 6.20 Å². The Labute approximate surface area is 136 Å². The van der Waals surface area contributed by atoms with Gasteiger partial charge in [-0.2, -0.15) is 0 Å². The number of fused-ring (bicyclic) bond motifs is 2.